The maximum absolute atomic E-state index is 4.24. The zero-order valence-electron chi connectivity index (χ0n) is 8.02. The molecule has 15 heavy (non-hydrogen) atoms. The summed E-state index contributed by atoms with van der Waals surface area (Å²) < 4.78 is 0.923. The first-order chi connectivity index (χ1) is 6.36. The number of aromatic nitrogens is 2. The first kappa shape index (κ1) is 14.9. The highest BCUT2D eigenvalue weighted by Crippen LogP contribution is 2.10. The lowest BCUT2D eigenvalue weighted by Crippen LogP contribution is -2.44. The first-order valence-corrected chi connectivity index (χ1v) is 5.09. The van der Waals surface area contributed by atoms with Crippen LogP contribution in [0.3, 0.4) is 0 Å². The predicted octanol–water partition coefficient (Wildman–Crippen LogP) is 1.49. The second-order valence-corrected chi connectivity index (χ2v) is 3.85. The lowest BCUT2D eigenvalue weighted by Gasteiger charge is -2.27. The molecule has 86 valence electrons. The molecule has 0 unspecified atom stereocenters. The molecule has 0 atom stereocenters. The Hall–Kier alpha value is -0.100. The van der Waals surface area contributed by atoms with Gasteiger partial charge in [0.1, 0.15) is 0 Å². The van der Waals surface area contributed by atoms with Crippen molar-refractivity contribution in [3.8, 4) is 0 Å². The van der Waals surface area contributed by atoms with Crippen LogP contribution in [-0.4, -0.2) is 36.1 Å². The summed E-state index contributed by atoms with van der Waals surface area (Å²) in [6.45, 7) is 4.00. The van der Waals surface area contributed by atoms with Crippen LogP contribution in [-0.2, 0) is 0 Å². The number of anilines is 1. The second-order valence-electron chi connectivity index (χ2n) is 2.94. The fraction of sp³-hybridized carbons (Fsp3) is 0.500. The Morgan fingerprint density at radius 2 is 1.67 bits per heavy atom. The average Bonchev–Trinajstić information content (AvgIpc) is 2.20. The molecule has 7 heteroatoms. The molecule has 1 aliphatic heterocycles. The van der Waals surface area contributed by atoms with E-state index in [1.807, 2.05) is 0 Å². The molecule has 1 aromatic rings. The van der Waals surface area contributed by atoms with E-state index in [0.29, 0.717) is 0 Å². The van der Waals surface area contributed by atoms with E-state index in [1.165, 1.54) is 0 Å². The first-order valence-electron chi connectivity index (χ1n) is 4.29. The van der Waals surface area contributed by atoms with Gasteiger partial charge in [0.25, 0.3) is 0 Å². The summed E-state index contributed by atoms with van der Waals surface area (Å²) in [7, 11) is 0. The Kier molecular flexibility index (Phi) is 7.17. The van der Waals surface area contributed by atoms with E-state index in [-0.39, 0.29) is 24.8 Å². The largest absolute Gasteiger partial charge is 0.338 e. The highest BCUT2D eigenvalue weighted by Gasteiger charge is 2.11. The third-order valence-electron chi connectivity index (χ3n) is 2.01. The highest BCUT2D eigenvalue weighted by molar-refractivity contribution is 9.10. The zero-order valence-corrected chi connectivity index (χ0v) is 11.2. The molecule has 1 aromatic heterocycles. The molecule has 1 N–H and O–H groups in total. The summed E-state index contributed by atoms with van der Waals surface area (Å²) in [4.78, 5) is 10.7. The lowest BCUT2D eigenvalue weighted by atomic mass is 10.4. The van der Waals surface area contributed by atoms with Gasteiger partial charge in [-0.05, 0) is 15.9 Å². The number of hydrogen-bond donors (Lipinski definition) is 1. The van der Waals surface area contributed by atoms with Gasteiger partial charge in [-0.1, -0.05) is 0 Å². The number of halogens is 3. The zero-order chi connectivity index (χ0) is 9.10. The van der Waals surface area contributed by atoms with E-state index in [4.69, 9.17) is 0 Å². The summed E-state index contributed by atoms with van der Waals surface area (Å²) in [5.74, 6) is 0.824. The molecule has 1 aliphatic rings. The summed E-state index contributed by atoms with van der Waals surface area (Å²) in [5, 5.41) is 3.29. The molecule has 0 bridgehead atoms. The van der Waals surface area contributed by atoms with Gasteiger partial charge in [-0.25, -0.2) is 9.97 Å². The third kappa shape index (κ3) is 4.10. The molecule has 2 rings (SSSR count). The van der Waals surface area contributed by atoms with Gasteiger partial charge in [0.2, 0.25) is 5.95 Å². The maximum atomic E-state index is 4.24. The van der Waals surface area contributed by atoms with Crippen molar-refractivity contribution in [1.29, 1.82) is 0 Å². The van der Waals surface area contributed by atoms with Gasteiger partial charge in [-0.15, -0.1) is 24.8 Å². The van der Waals surface area contributed by atoms with Crippen molar-refractivity contribution in [2.75, 3.05) is 31.1 Å². The fourth-order valence-corrected chi connectivity index (χ4v) is 1.54. The van der Waals surface area contributed by atoms with Crippen LogP contribution in [0.25, 0.3) is 0 Å². The standard InChI is InChI=1S/C8H11BrN4.2ClH/c9-7-5-11-8(12-6-7)13-3-1-10-2-4-13;;/h5-6,10H,1-4H2;2*1H. The van der Waals surface area contributed by atoms with Crippen LogP contribution in [0.2, 0.25) is 0 Å². The van der Waals surface area contributed by atoms with Crippen LogP contribution in [0.5, 0.6) is 0 Å². The van der Waals surface area contributed by atoms with Crippen molar-refractivity contribution in [2.45, 2.75) is 0 Å². The SMILES string of the molecule is Brc1cnc(N2CCNCC2)nc1.Cl.Cl. The molecule has 4 nitrogen and oxygen atoms in total. The Labute approximate surface area is 110 Å². The van der Waals surface area contributed by atoms with E-state index < -0.39 is 0 Å². The van der Waals surface area contributed by atoms with Gasteiger partial charge in [-0.3, -0.25) is 0 Å². The number of nitrogens with zero attached hydrogens (tertiary/aromatic N) is 3. The molecule has 0 spiro atoms. The van der Waals surface area contributed by atoms with Crippen molar-refractivity contribution in [1.82, 2.24) is 15.3 Å². The monoisotopic (exact) mass is 314 g/mol. The van der Waals surface area contributed by atoms with Crippen LogP contribution >= 0.6 is 40.7 Å². The van der Waals surface area contributed by atoms with Gasteiger partial charge < -0.3 is 10.2 Å². The molecule has 2 heterocycles. The summed E-state index contributed by atoms with van der Waals surface area (Å²) in [6, 6.07) is 0. The Morgan fingerprint density at radius 1 is 1.13 bits per heavy atom. The minimum absolute atomic E-state index is 0. The second kappa shape index (κ2) is 7.22. The van der Waals surface area contributed by atoms with E-state index in [2.05, 4.69) is 36.1 Å². The number of rotatable bonds is 1. The maximum Gasteiger partial charge on any atom is 0.225 e. The minimum Gasteiger partial charge on any atom is -0.338 e. The van der Waals surface area contributed by atoms with Crippen LogP contribution in [0.15, 0.2) is 16.9 Å². The third-order valence-corrected chi connectivity index (χ3v) is 2.42. The Morgan fingerprint density at radius 3 is 2.20 bits per heavy atom. The van der Waals surface area contributed by atoms with Gasteiger partial charge in [0.15, 0.2) is 0 Å². The van der Waals surface area contributed by atoms with E-state index in [1.54, 1.807) is 12.4 Å². The van der Waals surface area contributed by atoms with E-state index in [0.717, 1.165) is 36.6 Å². The van der Waals surface area contributed by atoms with Crippen LogP contribution in [0, 0.1) is 0 Å². The van der Waals surface area contributed by atoms with Gasteiger partial charge in [-0.2, -0.15) is 0 Å². The molecular formula is C8H13BrCl2N4. The van der Waals surface area contributed by atoms with Crippen LogP contribution in [0.1, 0.15) is 0 Å². The summed E-state index contributed by atoms with van der Waals surface area (Å²) >= 11 is 3.31. The molecule has 0 aromatic carbocycles. The summed E-state index contributed by atoms with van der Waals surface area (Å²) in [6.07, 6.45) is 3.56. The van der Waals surface area contributed by atoms with Gasteiger partial charge >= 0.3 is 0 Å². The smallest absolute Gasteiger partial charge is 0.225 e. The number of nitrogens with one attached hydrogen (secondary N) is 1. The Balaban J connectivity index is 0.000000980. The molecule has 1 saturated heterocycles. The number of hydrogen-bond acceptors (Lipinski definition) is 4. The van der Waals surface area contributed by atoms with E-state index in [9.17, 15) is 0 Å². The van der Waals surface area contributed by atoms with Crippen molar-refractivity contribution in [2.24, 2.45) is 0 Å². The van der Waals surface area contributed by atoms with Crippen molar-refractivity contribution < 1.29 is 0 Å². The molecule has 0 aliphatic carbocycles. The van der Waals surface area contributed by atoms with Crippen molar-refractivity contribution in [3.05, 3.63) is 16.9 Å². The Bertz CT molecular complexity index is 276. The molecule has 1 fully saturated rings. The summed E-state index contributed by atoms with van der Waals surface area (Å²) in [5.41, 5.74) is 0. The quantitative estimate of drug-likeness (QED) is 0.852. The van der Waals surface area contributed by atoms with Crippen molar-refractivity contribution >= 4 is 46.7 Å². The number of piperazine rings is 1. The topological polar surface area (TPSA) is 41.1 Å². The van der Waals surface area contributed by atoms with Crippen LogP contribution < -0.4 is 10.2 Å². The minimum atomic E-state index is 0. The molecule has 0 saturated carbocycles. The van der Waals surface area contributed by atoms with Crippen LogP contribution in [0.4, 0.5) is 5.95 Å². The molecule has 0 amide bonds. The fourth-order valence-electron chi connectivity index (χ4n) is 1.33. The van der Waals surface area contributed by atoms with E-state index >= 15 is 0 Å². The predicted molar refractivity (Wildman–Crippen MR) is 69.3 cm³/mol. The van der Waals surface area contributed by atoms with Gasteiger partial charge in [0.05, 0.1) is 4.47 Å². The highest BCUT2D eigenvalue weighted by atomic mass is 79.9. The van der Waals surface area contributed by atoms with Crippen molar-refractivity contribution in [3.63, 3.8) is 0 Å². The normalized spacial score (nSPS) is 15.1. The van der Waals surface area contributed by atoms with Gasteiger partial charge in [0, 0.05) is 38.6 Å². The molecular weight excluding hydrogens is 303 g/mol. The lowest BCUT2D eigenvalue weighted by molar-refractivity contribution is 0.579. The average molecular weight is 316 g/mol. The molecule has 0 radical (unpaired) electrons.